The monoisotopic (exact) mass is 319 g/mol. The van der Waals surface area contributed by atoms with Crippen LogP contribution < -0.4 is 10.6 Å². The van der Waals surface area contributed by atoms with Gasteiger partial charge in [0.1, 0.15) is 6.04 Å². The molecule has 0 spiro atoms. The SMILES string of the molecule is O=C(NC1CCNCC1)C(c1ccccc1)N1CCSCC1. The van der Waals surface area contributed by atoms with Crippen molar-refractivity contribution in [3.05, 3.63) is 35.9 Å². The van der Waals surface area contributed by atoms with Gasteiger partial charge < -0.3 is 10.6 Å². The average molecular weight is 319 g/mol. The number of nitrogens with one attached hydrogen (secondary N) is 2. The fraction of sp³-hybridized carbons (Fsp3) is 0.588. The van der Waals surface area contributed by atoms with Crippen LogP contribution in [0.4, 0.5) is 0 Å². The van der Waals surface area contributed by atoms with Crippen molar-refractivity contribution in [3.63, 3.8) is 0 Å². The summed E-state index contributed by atoms with van der Waals surface area (Å²) in [7, 11) is 0. The normalized spacial score (nSPS) is 22.2. The number of amides is 1. The van der Waals surface area contributed by atoms with E-state index in [1.165, 1.54) is 0 Å². The van der Waals surface area contributed by atoms with Crippen molar-refractivity contribution < 1.29 is 4.79 Å². The topological polar surface area (TPSA) is 44.4 Å². The molecule has 5 heteroatoms. The molecular weight excluding hydrogens is 294 g/mol. The molecule has 2 heterocycles. The quantitative estimate of drug-likeness (QED) is 0.886. The molecule has 0 aromatic heterocycles. The van der Waals surface area contributed by atoms with E-state index in [0.29, 0.717) is 6.04 Å². The van der Waals surface area contributed by atoms with Gasteiger partial charge in [-0.15, -0.1) is 0 Å². The van der Waals surface area contributed by atoms with Gasteiger partial charge in [-0.1, -0.05) is 30.3 Å². The minimum Gasteiger partial charge on any atom is -0.352 e. The molecule has 0 radical (unpaired) electrons. The zero-order valence-corrected chi connectivity index (χ0v) is 13.8. The van der Waals surface area contributed by atoms with Crippen LogP contribution in [0.2, 0.25) is 0 Å². The van der Waals surface area contributed by atoms with Gasteiger partial charge in [0.15, 0.2) is 0 Å². The molecule has 0 bridgehead atoms. The number of thioether (sulfide) groups is 1. The van der Waals surface area contributed by atoms with Gasteiger partial charge in [-0.25, -0.2) is 0 Å². The van der Waals surface area contributed by atoms with Crippen molar-refractivity contribution in [2.24, 2.45) is 0 Å². The zero-order valence-electron chi connectivity index (χ0n) is 13.0. The molecule has 22 heavy (non-hydrogen) atoms. The number of benzene rings is 1. The molecule has 1 amide bonds. The fourth-order valence-electron chi connectivity index (χ4n) is 3.25. The molecule has 1 aromatic carbocycles. The smallest absolute Gasteiger partial charge is 0.242 e. The second kappa shape index (κ2) is 7.99. The van der Waals surface area contributed by atoms with E-state index in [1.807, 2.05) is 30.0 Å². The molecule has 120 valence electrons. The number of hydrogen-bond acceptors (Lipinski definition) is 4. The molecular formula is C17H25N3OS. The largest absolute Gasteiger partial charge is 0.352 e. The highest BCUT2D eigenvalue weighted by Gasteiger charge is 2.30. The maximum absolute atomic E-state index is 12.9. The molecule has 4 nitrogen and oxygen atoms in total. The predicted octanol–water partition coefficient (Wildman–Crippen LogP) is 1.64. The first-order valence-corrected chi connectivity index (χ1v) is 9.38. The van der Waals surface area contributed by atoms with Crippen LogP contribution in [-0.4, -0.2) is 54.5 Å². The Morgan fingerprint density at radius 3 is 2.55 bits per heavy atom. The lowest BCUT2D eigenvalue weighted by Crippen LogP contribution is -2.49. The Bertz CT molecular complexity index is 470. The van der Waals surface area contributed by atoms with Gasteiger partial charge in [-0.3, -0.25) is 9.69 Å². The van der Waals surface area contributed by atoms with E-state index in [4.69, 9.17) is 0 Å². The lowest BCUT2D eigenvalue weighted by molar-refractivity contribution is -0.127. The number of hydrogen-bond donors (Lipinski definition) is 2. The van der Waals surface area contributed by atoms with E-state index in [0.717, 1.165) is 56.1 Å². The summed E-state index contributed by atoms with van der Waals surface area (Å²) in [6.07, 6.45) is 2.06. The van der Waals surface area contributed by atoms with E-state index in [9.17, 15) is 4.79 Å². The summed E-state index contributed by atoms with van der Waals surface area (Å²) in [6.45, 7) is 3.98. The van der Waals surface area contributed by atoms with Gasteiger partial charge in [0.2, 0.25) is 5.91 Å². The summed E-state index contributed by atoms with van der Waals surface area (Å²) in [6, 6.07) is 10.4. The maximum Gasteiger partial charge on any atom is 0.242 e. The molecule has 2 aliphatic rings. The predicted molar refractivity (Wildman–Crippen MR) is 92.1 cm³/mol. The molecule has 0 saturated carbocycles. The minimum atomic E-state index is -0.142. The van der Waals surface area contributed by atoms with Gasteiger partial charge >= 0.3 is 0 Å². The van der Waals surface area contributed by atoms with Crippen molar-refractivity contribution in [2.45, 2.75) is 24.9 Å². The van der Waals surface area contributed by atoms with Gasteiger partial charge in [-0.2, -0.15) is 11.8 Å². The lowest BCUT2D eigenvalue weighted by Gasteiger charge is -2.35. The van der Waals surface area contributed by atoms with Crippen molar-refractivity contribution in [3.8, 4) is 0 Å². The molecule has 3 rings (SSSR count). The third-order valence-electron chi connectivity index (χ3n) is 4.46. The Hall–Kier alpha value is -1.04. The van der Waals surface area contributed by atoms with Gasteiger partial charge in [0.25, 0.3) is 0 Å². The van der Waals surface area contributed by atoms with Gasteiger partial charge in [-0.05, 0) is 31.5 Å². The van der Waals surface area contributed by atoms with Crippen LogP contribution in [0.25, 0.3) is 0 Å². The third kappa shape index (κ3) is 4.03. The Labute approximate surface area is 137 Å². The highest BCUT2D eigenvalue weighted by molar-refractivity contribution is 7.99. The van der Waals surface area contributed by atoms with Crippen LogP contribution in [-0.2, 0) is 4.79 Å². The molecule has 2 fully saturated rings. The zero-order chi connectivity index (χ0) is 15.2. The number of carbonyl (C=O) groups excluding carboxylic acids is 1. The van der Waals surface area contributed by atoms with Crippen molar-refractivity contribution in [1.82, 2.24) is 15.5 Å². The summed E-state index contributed by atoms with van der Waals surface area (Å²) >= 11 is 1.98. The van der Waals surface area contributed by atoms with Crippen LogP contribution in [0.3, 0.4) is 0 Å². The fourth-order valence-corrected chi connectivity index (χ4v) is 4.18. The average Bonchev–Trinajstić information content (AvgIpc) is 2.58. The van der Waals surface area contributed by atoms with Crippen LogP contribution in [0, 0.1) is 0 Å². The highest BCUT2D eigenvalue weighted by Crippen LogP contribution is 2.25. The first kappa shape index (κ1) is 15.8. The minimum absolute atomic E-state index is 0.142. The maximum atomic E-state index is 12.9. The highest BCUT2D eigenvalue weighted by atomic mass is 32.2. The molecule has 0 aliphatic carbocycles. The van der Waals surface area contributed by atoms with E-state index in [1.54, 1.807) is 0 Å². The lowest BCUT2D eigenvalue weighted by atomic mass is 10.0. The van der Waals surface area contributed by atoms with Crippen LogP contribution in [0.5, 0.6) is 0 Å². The first-order valence-electron chi connectivity index (χ1n) is 8.22. The van der Waals surface area contributed by atoms with E-state index in [-0.39, 0.29) is 11.9 Å². The summed E-state index contributed by atoms with van der Waals surface area (Å²) in [4.78, 5) is 15.3. The third-order valence-corrected chi connectivity index (χ3v) is 5.40. The summed E-state index contributed by atoms with van der Waals surface area (Å²) in [5.41, 5.74) is 1.11. The Balaban J connectivity index is 1.73. The molecule has 2 saturated heterocycles. The van der Waals surface area contributed by atoms with Crippen molar-refractivity contribution in [2.75, 3.05) is 37.7 Å². The van der Waals surface area contributed by atoms with E-state index < -0.39 is 0 Å². The second-order valence-electron chi connectivity index (χ2n) is 5.99. The van der Waals surface area contributed by atoms with Crippen LogP contribution >= 0.6 is 11.8 Å². The molecule has 2 aliphatic heterocycles. The van der Waals surface area contributed by atoms with E-state index in [2.05, 4.69) is 27.7 Å². The van der Waals surface area contributed by atoms with Gasteiger partial charge in [0.05, 0.1) is 0 Å². The summed E-state index contributed by atoms with van der Waals surface area (Å²) in [5, 5.41) is 6.64. The second-order valence-corrected chi connectivity index (χ2v) is 7.22. The standard InChI is InChI=1S/C17H25N3OS/c21-17(19-15-6-8-18-9-7-15)16(14-4-2-1-3-5-14)20-10-12-22-13-11-20/h1-5,15-16,18H,6-13H2,(H,19,21). The van der Waals surface area contributed by atoms with Crippen molar-refractivity contribution >= 4 is 17.7 Å². The van der Waals surface area contributed by atoms with Crippen LogP contribution in [0.1, 0.15) is 24.4 Å². The Morgan fingerprint density at radius 1 is 1.18 bits per heavy atom. The van der Waals surface area contributed by atoms with E-state index >= 15 is 0 Å². The number of piperidine rings is 1. The Morgan fingerprint density at radius 2 is 1.86 bits per heavy atom. The molecule has 2 N–H and O–H groups in total. The summed E-state index contributed by atoms with van der Waals surface area (Å²) in [5.74, 6) is 2.40. The van der Waals surface area contributed by atoms with Gasteiger partial charge in [0, 0.05) is 30.6 Å². The Kier molecular flexibility index (Phi) is 5.76. The molecule has 1 unspecified atom stereocenters. The number of rotatable bonds is 4. The summed E-state index contributed by atoms with van der Waals surface area (Å²) < 4.78 is 0. The first-order chi connectivity index (χ1) is 10.8. The molecule has 1 aromatic rings. The van der Waals surface area contributed by atoms with Crippen molar-refractivity contribution in [1.29, 1.82) is 0 Å². The van der Waals surface area contributed by atoms with Crippen LogP contribution in [0.15, 0.2) is 30.3 Å². The molecule has 1 atom stereocenters. The number of nitrogens with zero attached hydrogens (tertiary/aromatic N) is 1. The number of carbonyl (C=O) groups is 1.